The van der Waals surface area contributed by atoms with E-state index in [1.165, 1.54) is 12.1 Å². The highest BCUT2D eigenvalue weighted by molar-refractivity contribution is 5.54. The van der Waals surface area contributed by atoms with Crippen LogP contribution in [0.2, 0.25) is 0 Å². The van der Waals surface area contributed by atoms with Gasteiger partial charge in [-0.3, -0.25) is 0 Å². The van der Waals surface area contributed by atoms with Crippen molar-refractivity contribution in [2.75, 3.05) is 5.32 Å². The van der Waals surface area contributed by atoms with Crippen LogP contribution in [0.4, 0.5) is 18.9 Å². The number of hydrogen-bond donors (Lipinski definition) is 1. The topological polar surface area (TPSA) is 35.8 Å². The number of anilines is 1. The molecule has 0 saturated heterocycles. The van der Waals surface area contributed by atoms with Gasteiger partial charge in [0, 0.05) is 11.7 Å². The van der Waals surface area contributed by atoms with E-state index in [1.54, 1.807) is 6.07 Å². The smallest absolute Gasteiger partial charge is 0.382 e. The maximum atomic E-state index is 12.7. The van der Waals surface area contributed by atoms with Gasteiger partial charge in [0.25, 0.3) is 0 Å². The molecular weight excluding hydrogens is 253 g/mol. The van der Waals surface area contributed by atoms with Crippen molar-refractivity contribution in [3.63, 3.8) is 0 Å². The Morgan fingerprint density at radius 3 is 2.37 bits per heavy atom. The number of nitrogens with zero attached hydrogens (tertiary/aromatic N) is 1. The van der Waals surface area contributed by atoms with E-state index < -0.39 is 11.7 Å². The third-order valence-electron chi connectivity index (χ3n) is 3.04. The van der Waals surface area contributed by atoms with Gasteiger partial charge >= 0.3 is 6.18 Å². The number of nitriles is 1. The van der Waals surface area contributed by atoms with Crippen molar-refractivity contribution in [1.29, 1.82) is 5.26 Å². The average molecular weight is 270 g/mol. The summed E-state index contributed by atoms with van der Waals surface area (Å²) in [5.41, 5.74) is -0.695. The minimum atomic E-state index is -4.49. The average Bonchev–Trinajstić information content (AvgIpc) is 2.33. The summed E-state index contributed by atoms with van der Waals surface area (Å²) in [6.45, 7) is 6.08. The van der Waals surface area contributed by atoms with E-state index in [0.717, 1.165) is 12.5 Å². The molecule has 1 rings (SSSR count). The zero-order chi connectivity index (χ0) is 14.6. The lowest BCUT2D eigenvalue weighted by molar-refractivity contribution is -0.137. The summed E-state index contributed by atoms with van der Waals surface area (Å²) < 4.78 is 38.0. The molecule has 0 radical (unpaired) electrons. The van der Waals surface area contributed by atoms with Gasteiger partial charge in [-0.1, -0.05) is 20.8 Å². The van der Waals surface area contributed by atoms with Gasteiger partial charge in [0.15, 0.2) is 0 Å². The van der Waals surface area contributed by atoms with Crippen LogP contribution in [0.15, 0.2) is 18.2 Å². The molecule has 1 unspecified atom stereocenters. The van der Waals surface area contributed by atoms with Crippen LogP contribution in [0, 0.1) is 17.2 Å². The molecule has 0 aliphatic rings. The number of benzene rings is 1. The SMILES string of the molecule is CCC(Nc1ccc(C(F)(F)F)c(C#N)c1)C(C)C. The summed E-state index contributed by atoms with van der Waals surface area (Å²) >= 11 is 0. The van der Waals surface area contributed by atoms with Crippen LogP contribution >= 0.6 is 0 Å². The largest absolute Gasteiger partial charge is 0.417 e. The number of nitrogens with one attached hydrogen (secondary N) is 1. The predicted octanol–water partition coefficient (Wildman–Crippen LogP) is 4.42. The Morgan fingerprint density at radius 1 is 1.32 bits per heavy atom. The van der Waals surface area contributed by atoms with Gasteiger partial charge < -0.3 is 5.32 Å². The minimum Gasteiger partial charge on any atom is -0.382 e. The van der Waals surface area contributed by atoms with Crippen molar-refractivity contribution >= 4 is 5.69 Å². The van der Waals surface area contributed by atoms with Gasteiger partial charge in [0.05, 0.1) is 17.2 Å². The van der Waals surface area contributed by atoms with Crippen molar-refractivity contribution in [2.45, 2.75) is 39.4 Å². The van der Waals surface area contributed by atoms with Gasteiger partial charge in [0.1, 0.15) is 0 Å². The fourth-order valence-corrected chi connectivity index (χ4v) is 1.93. The Balaban J connectivity index is 3.05. The lowest BCUT2D eigenvalue weighted by Crippen LogP contribution is -2.24. The van der Waals surface area contributed by atoms with Crippen LogP contribution in [0.5, 0.6) is 0 Å². The third kappa shape index (κ3) is 3.88. The number of rotatable bonds is 4. The zero-order valence-electron chi connectivity index (χ0n) is 11.2. The summed E-state index contributed by atoms with van der Waals surface area (Å²) in [5, 5.41) is 12.0. The van der Waals surface area contributed by atoms with Crippen LogP contribution in [0.1, 0.15) is 38.3 Å². The second kappa shape index (κ2) is 5.96. The Kier molecular flexibility index (Phi) is 4.82. The molecule has 19 heavy (non-hydrogen) atoms. The molecule has 0 spiro atoms. The van der Waals surface area contributed by atoms with Crippen LogP contribution in [-0.2, 0) is 6.18 Å². The number of hydrogen-bond acceptors (Lipinski definition) is 2. The van der Waals surface area contributed by atoms with Gasteiger partial charge in [-0.25, -0.2) is 0 Å². The van der Waals surface area contributed by atoms with Gasteiger partial charge in [-0.05, 0) is 30.5 Å². The summed E-state index contributed by atoms with van der Waals surface area (Å²) in [6.07, 6.45) is -3.63. The first-order valence-electron chi connectivity index (χ1n) is 6.17. The second-order valence-corrected chi connectivity index (χ2v) is 4.77. The van der Waals surface area contributed by atoms with Crippen molar-refractivity contribution in [2.24, 2.45) is 5.92 Å². The minimum absolute atomic E-state index is 0.170. The Hall–Kier alpha value is -1.70. The highest BCUT2D eigenvalue weighted by Crippen LogP contribution is 2.33. The zero-order valence-corrected chi connectivity index (χ0v) is 11.2. The molecule has 0 heterocycles. The van der Waals surface area contributed by atoms with E-state index in [-0.39, 0.29) is 11.6 Å². The van der Waals surface area contributed by atoms with E-state index in [2.05, 4.69) is 5.32 Å². The molecule has 1 aromatic carbocycles. The third-order valence-corrected chi connectivity index (χ3v) is 3.04. The lowest BCUT2D eigenvalue weighted by Gasteiger charge is -2.22. The molecule has 1 atom stereocenters. The molecule has 0 aliphatic heterocycles. The number of halogens is 3. The fraction of sp³-hybridized carbons (Fsp3) is 0.500. The fourth-order valence-electron chi connectivity index (χ4n) is 1.93. The Labute approximate surface area is 111 Å². The van der Waals surface area contributed by atoms with Crippen molar-refractivity contribution in [1.82, 2.24) is 0 Å². The quantitative estimate of drug-likeness (QED) is 0.878. The monoisotopic (exact) mass is 270 g/mol. The van der Waals surface area contributed by atoms with Crippen LogP contribution in [-0.4, -0.2) is 6.04 Å². The highest BCUT2D eigenvalue weighted by Gasteiger charge is 2.33. The van der Waals surface area contributed by atoms with Crippen molar-refractivity contribution in [3.05, 3.63) is 29.3 Å². The molecule has 1 aromatic rings. The molecule has 0 saturated carbocycles. The molecule has 1 N–H and O–H groups in total. The second-order valence-electron chi connectivity index (χ2n) is 4.77. The normalized spacial score (nSPS) is 13.2. The summed E-state index contributed by atoms with van der Waals surface area (Å²) in [6, 6.07) is 5.35. The molecule has 2 nitrogen and oxygen atoms in total. The van der Waals surface area contributed by atoms with Crippen molar-refractivity contribution in [3.8, 4) is 6.07 Å². The lowest BCUT2D eigenvalue weighted by atomic mass is 10.0. The van der Waals surface area contributed by atoms with Crippen LogP contribution < -0.4 is 5.32 Å². The Morgan fingerprint density at radius 2 is 1.95 bits per heavy atom. The molecular formula is C14H17F3N2. The summed E-state index contributed by atoms with van der Waals surface area (Å²) in [4.78, 5) is 0. The van der Waals surface area contributed by atoms with E-state index in [4.69, 9.17) is 5.26 Å². The summed E-state index contributed by atoms with van der Waals surface area (Å²) in [5.74, 6) is 0.359. The molecule has 0 bridgehead atoms. The maximum absolute atomic E-state index is 12.7. The molecule has 104 valence electrons. The number of alkyl halides is 3. The molecule has 0 fully saturated rings. The van der Waals surface area contributed by atoms with E-state index in [1.807, 2.05) is 20.8 Å². The predicted molar refractivity (Wildman–Crippen MR) is 68.7 cm³/mol. The molecule has 0 aliphatic carbocycles. The van der Waals surface area contributed by atoms with Gasteiger partial charge in [-0.15, -0.1) is 0 Å². The van der Waals surface area contributed by atoms with E-state index in [9.17, 15) is 13.2 Å². The van der Waals surface area contributed by atoms with E-state index >= 15 is 0 Å². The first-order valence-corrected chi connectivity index (χ1v) is 6.17. The molecule has 0 amide bonds. The molecule has 5 heteroatoms. The van der Waals surface area contributed by atoms with Gasteiger partial charge in [-0.2, -0.15) is 18.4 Å². The summed E-state index contributed by atoms with van der Waals surface area (Å²) in [7, 11) is 0. The van der Waals surface area contributed by atoms with Crippen LogP contribution in [0.25, 0.3) is 0 Å². The first-order chi connectivity index (χ1) is 8.79. The van der Waals surface area contributed by atoms with Crippen LogP contribution in [0.3, 0.4) is 0 Å². The molecule has 0 aromatic heterocycles. The van der Waals surface area contributed by atoms with Gasteiger partial charge in [0.2, 0.25) is 0 Å². The standard InChI is InChI=1S/C14H17F3N2/c1-4-13(9(2)3)19-11-5-6-12(14(15,16)17)10(7-11)8-18/h5-7,9,13,19H,4H2,1-3H3. The first kappa shape index (κ1) is 15.4. The maximum Gasteiger partial charge on any atom is 0.417 e. The Bertz CT molecular complexity index is 473. The highest BCUT2D eigenvalue weighted by atomic mass is 19.4. The van der Waals surface area contributed by atoms with E-state index in [0.29, 0.717) is 11.6 Å². The van der Waals surface area contributed by atoms with Crippen molar-refractivity contribution < 1.29 is 13.2 Å².